The molecule has 0 saturated carbocycles. The van der Waals surface area contributed by atoms with E-state index in [4.69, 9.17) is 0 Å². The number of hydrogen-bond acceptors (Lipinski definition) is 2. The molecule has 1 aliphatic rings. The van der Waals surface area contributed by atoms with E-state index >= 15 is 0 Å². The fraction of sp³-hybridized carbons (Fsp3) is 0.238. The van der Waals surface area contributed by atoms with Gasteiger partial charge >= 0.3 is 0 Å². The second kappa shape index (κ2) is 6.75. The van der Waals surface area contributed by atoms with E-state index in [-0.39, 0.29) is 17.6 Å². The number of carbonyl (C=O) groups excluding carboxylic acids is 1. The van der Waals surface area contributed by atoms with Crippen LogP contribution in [0.5, 0.6) is 0 Å². The molecule has 0 fully saturated rings. The Bertz CT molecular complexity index is 992. The molecule has 132 valence electrons. The van der Waals surface area contributed by atoms with Crippen molar-refractivity contribution in [3.05, 3.63) is 71.8 Å². The zero-order chi connectivity index (χ0) is 18.1. The molecule has 0 saturated heterocycles. The van der Waals surface area contributed by atoms with Crippen LogP contribution in [0.3, 0.4) is 0 Å². The topological polar surface area (TPSA) is 49.0 Å². The normalized spacial score (nSPS) is 15.8. The predicted octanol–water partition coefficient (Wildman–Crippen LogP) is 4.12. The van der Waals surface area contributed by atoms with Gasteiger partial charge in [-0.15, -0.1) is 0 Å². The molecule has 1 amide bonds. The first kappa shape index (κ1) is 16.5. The van der Waals surface area contributed by atoms with Crippen LogP contribution in [0.25, 0.3) is 16.6 Å². The Morgan fingerprint density at radius 1 is 1.31 bits per heavy atom. The third-order valence-electron chi connectivity index (χ3n) is 5.04. The highest BCUT2D eigenvalue weighted by molar-refractivity contribution is 5.91. The van der Waals surface area contributed by atoms with Crippen molar-refractivity contribution in [3.63, 3.8) is 0 Å². The minimum absolute atomic E-state index is 0.0338. The monoisotopic (exact) mass is 349 g/mol. The molecular weight excluding hydrogens is 329 g/mol. The summed E-state index contributed by atoms with van der Waals surface area (Å²) in [5, 5.41) is 1.10. The maximum absolute atomic E-state index is 13.4. The van der Waals surface area contributed by atoms with Crippen LogP contribution in [0.4, 0.5) is 4.39 Å². The van der Waals surface area contributed by atoms with Gasteiger partial charge in [-0.25, -0.2) is 9.37 Å². The summed E-state index contributed by atoms with van der Waals surface area (Å²) in [6.07, 6.45) is 6.65. The van der Waals surface area contributed by atoms with E-state index in [1.807, 2.05) is 24.1 Å². The molecule has 26 heavy (non-hydrogen) atoms. The number of fused-ring (bicyclic) bond motifs is 1. The van der Waals surface area contributed by atoms with Crippen molar-refractivity contribution in [1.82, 2.24) is 14.9 Å². The Hall–Kier alpha value is -2.95. The Morgan fingerprint density at radius 3 is 2.96 bits per heavy atom. The van der Waals surface area contributed by atoms with E-state index in [0.717, 1.165) is 23.0 Å². The number of nitrogens with zero attached hydrogens (tertiary/aromatic N) is 2. The third kappa shape index (κ3) is 3.01. The minimum Gasteiger partial charge on any atom is -0.346 e. The average Bonchev–Trinajstić information content (AvgIpc) is 3.11. The van der Waals surface area contributed by atoms with Crippen LogP contribution in [0.1, 0.15) is 30.4 Å². The molecule has 0 radical (unpaired) electrons. The van der Waals surface area contributed by atoms with Gasteiger partial charge in [0.1, 0.15) is 11.5 Å². The van der Waals surface area contributed by atoms with Gasteiger partial charge in [-0.3, -0.25) is 4.79 Å². The fourth-order valence-electron chi connectivity index (χ4n) is 3.53. The van der Waals surface area contributed by atoms with Crippen LogP contribution in [-0.2, 0) is 4.79 Å². The molecule has 0 bridgehead atoms. The van der Waals surface area contributed by atoms with Crippen LogP contribution in [-0.4, -0.2) is 33.9 Å². The fourth-order valence-corrected chi connectivity index (χ4v) is 3.53. The van der Waals surface area contributed by atoms with E-state index in [1.165, 1.54) is 17.7 Å². The highest BCUT2D eigenvalue weighted by atomic mass is 19.1. The molecule has 4 rings (SSSR count). The van der Waals surface area contributed by atoms with Crippen molar-refractivity contribution < 1.29 is 9.18 Å². The average molecular weight is 349 g/mol. The summed E-state index contributed by atoms with van der Waals surface area (Å²) in [7, 11) is 0. The van der Waals surface area contributed by atoms with Gasteiger partial charge in [-0.05, 0) is 48.7 Å². The van der Waals surface area contributed by atoms with Crippen LogP contribution in [0, 0.1) is 5.82 Å². The molecule has 4 nitrogen and oxygen atoms in total. The Balaban J connectivity index is 1.51. The number of rotatable bonds is 3. The highest BCUT2D eigenvalue weighted by Gasteiger charge is 2.24. The first-order valence-corrected chi connectivity index (χ1v) is 8.79. The van der Waals surface area contributed by atoms with Crippen molar-refractivity contribution >= 4 is 22.5 Å². The van der Waals surface area contributed by atoms with Gasteiger partial charge in [-0.2, -0.15) is 0 Å². The van der Waals surface area contributed by atoms with Crippen LogP contribution < -0.4 is 0 Å². The second-order valence-corrected chi connectivity index (χ2v) is 6.64. The van der Waals surface area contributed by atoms with Crippen molar-refractivity contribution in [2.24, 2.45) is 0 Å². The second-order valence-electron chi connectivity index (χ2n) is 6.64. The van der Waals surface area contributed by atoms with E-state index in [2.05, 4.69) is 22.1 Å². The molecule has 1 atom stereocenters. The van der Waals surface area contributed by atoms with E-state index in [0.29, 0.717) is 18.7 Å². The largest absolute Gasteiger partial charge is 0.346 e. The highest BCUT2D eigenvalue weighted by Crippen LogP contribution is 2.29. The lowest BCUT2D eigenvalue weighted by atomic mass is 9.96. The lowest BCUT2D eigenvalue weighted by Crippen LogP contribution is -2.37. The lowest BCUT2D eigenvalue weighted by Gasteiger charge is -2.29. The Kier molecular flexibility index (Phi) is 4.29. The molecule has 3 heterocycles. The van der Waals surface area contributed by atoms with Crippen LogP contribution >= 0.6 is 0 Å². The maximum atomic E-state index is 13.4. The number of nitrogens with one attached hydrogen (secondary N) is 1. The predicted molar refractivity (Wildman–Crippen MR) is 100 cm³/mol. The van der Waals surface area contributed by atoms with Crippen LogP contribution in [0.2, 0.25) is 0 Å². The third-order valence-corrected chi connectivity index (χ3v) is 5.04. The first-order valence-electron chi connectivity index (χ1n) is 8.79. The smallest absolute Gasteiger partial charge is 0.230 e. The summed E-state index contributed by atoms with van der Waals surface area (Å²) in [6.45, 7) is 3.07. The van der Waals surface area contributed by atoms with Crippen LogP contribution in [0.15, 0.2) is 54.9 Å². The summed E-state index contributed by atoms with van der Waals surface area (Å²) in [5.41, 5.74) is 3.97. The van der Waals surface area contributed by atoms with Gasteiger partial charge in [0.15, 0.2) is 0 Å². The molecule has 2 aromatic heterocycles. The summed E-state index contributed by atoms with van der Waals surface area (Å²) in [4.78, 5) is 22.1. The summed E-state index contributed by atoms with van der Waals surface area (Å²) in [5.74, 6) is -0.625. The molecule has 1 N–H and O–H groups in total. The van der Waals surface area contributed by atoms with E-state index < -0.39 is 0 Å². The molecule has 5 heteroatoms. The van der Waals surface area contributed by atoms with Gasteiger partial charge in [0, 0.05) is 36.4 Å². The maximum Gasteiger partial charge on any atom is 0.230 e. The molecule has 1 aromatic carbocycles. The zero-order valence-corrected chi connectivity index (χ0v) is 14.6. The molecular formula is C21H20FN3O. The number of halogens is 1. The molecule has 3 aromatic rings. The van der Waals surface area contributed by atoms with Crippen molar-refractivity contribution in [2.45, 2.75) is 19.3 Å². The SMILES string of the molecule is CC(C(=O)N1CC=C(c2c[nH]c3ncccc23)CC1)c1cccc(F)c1. The van der Waals surface area contributed by atoms with E-state index in [9.17, 15) is 9.18 Å². The Morgan fingerprint density at radius 2 is 2.19 bits per heavy atom. The number of H-pyrrole nitrogens is 1. The van der Waals surface area contributed by atoms with Crippen molar-refractivity contribution in [3.8, 4) is 0 Å². The summed E-state index contributed by atoms with van der Waals surface area (Å²) < 4.78 is 13.4. The number of amides is 1. The van der Waals surface area contributed by atoms with Crippen molar-refractivity contribution in [2.75, 3.05) is 13.1 Å². The summed E-state index contributed by atoms with van der Waals surface area (Å²) in [6, 6.07) is 10.3. The lowest BCUT2D eigenvalue weighted by molar-refractivity contribution is -0.132. The van der Waals surface area contributed by atoms with Gasteiger partial charge < -0.3 is 9.88 Å². The van der Waals surface area contributed by atoms with Gasteiger partial charge in [0.25, 0.3) is 0 Å². The van der Waals surface area contributed by atoms with Gasteiger partial charge in [0.05, 0.1) is 5.92 Å². The standard InChI is InChI=1S/C21H20FN3O/c1-14(16-4-2-5-17(22)12-16)21(26)25-10-7-15(8-11-25)19-13-24-20-18(19)6-3-9-23-20/h2-7,9,12-14H,8,10-11H2,1H3,(H,23,24). The van der Waals surface area contributed by atoms with Crippen molar-refractivity contribution in [1.29, 1.82) is 0 Å². The molecule has 0 spiro atoms. The molecule has 0 aliphatic carbocycles. The zero-order valence-electron chi connectivity index (χ0n) is 14.6. The quantitative estimate of drug-likeness (QED) is 0.773. The van der Waals surface area contributed by atoms with Gasteiger partial charge in [0.2, 0.25) is 5.91 Å². The molecule has 1 aliphatic heterocycles. The number of benzene rings is 1. The first-order chi connectivity index (χ1) is 12.6. The minimum atomic E-state index is -0.349. The van der Waals surface area contributed by atoms with E-state index in [1.54, 1.807) is 18.3 Å². The number of aromatic nitrogens is 2. The Labute approximate surface area is 151 Å². The molecule has 1 unspecified atom stereocenters. The number of carbonyl (C=O) groups is 1. The number of hydrogen-bond donors (Lipinski definition) is 1. The summed E-state index contributed by atoms with van der Waals surface area (Å²) >= 11 is 0. The number of pyridine rings is 1. The van der Waals surface area contributed by atoms with Gasteiger partial charge in [-0.1, -0.05) is 18.2 Å². The number of aromatic amines is 1.